The molecule has 1 heterocycles. The molecule has 1 N–H and O–H groups in total. The number of amides is 2. The van der Waals surface area contributed by atoms with Crippen LogP contribution in [0.3, 0.4) is 0 Å². The second-order valence-electron chi connectivity index (χ2n) is 7.63. The number of benzene rings is 3. The summed E-state index contributed by atoms with van der Waals surface area (Å²) >= 11 is 0. The molecule has 0 radical (unpaired) electrons. The maximum atomic E-state index is 13.8. The van der Waals surface area contributed by atoms with E-state index in [2.05, 4.69) is 10.2 Å². The van der Waals surface area contributed by atoms with E-state index in [9.17, 15) is 14.0 Å². The van der Waals surface area contributed by atoms with Crippen molar-refractivity contribution in [2.75, 3.05) is 36.4 Å². The lowest BCUT2D eigenvalue weighted by atomic mass is 10.1. The van der Waals surface area contributed by atoms with Crippen molar-refractivity contribution in [2.45, 2.75) is 6.92 Å². The lowest BCUT2D eigenvalue weighted by molar-refractivity contribution is 0.0746. The fraction of sp³-hybridized carbons (Fsp3) is 0.200. The largest absolute Gasteiger partial charge is 0.368 e. The summed E-state index contributed by atoms with van der Waals surface area (Å²) < 4.78 is 13.8. The van der Waals surface area contributed by atoms with Crippen LogP contribution >= 0.6 is 0 Å². The average molecular weight is 417 g/mol. The molecule has 5 nitrogen and oxygen atoms in total. The molecule has 1 fully saturated rings. The van der Waals surface area contributed by atoms with Crippen molar-refractivity contribution in [3.8, 4) is 0 Å². The van der Waals surface area contributed by atoms with Gasteiger partial charge < -0.3 is 15.1 Å². The molecule has 0 atom stereocenters. The van der Waals surface area contributed by atoms with Crippen molar-refractivity contribution in [3.05, 3.63) is 95.3 Å². The highest BCUT2D eigenvalue weighted by molar-refractivity contribution is 6.04. The van der Waals surface area contributed by atoms with E-state index in [4.69, 9.17) is 0 Å². The van der Waals surface area contributed by atoms with Crippen LogP contribution in [0.1, 0.15) is 26.3 Å². The number of anilines is 2. The van der Waals surface area contributed by atoms with Crippen molar-refractivity contribution in [1.29, 1.82) is 0 Å². The molecule has 2 amide bonds. The maximum Gasteiger partial charge on any atom is 0.258 e. The van der Waals surface area contributed by atoms with Gasteiger partial charge in [-0.3, -0.25) is 9.59 Å². The number of hydrogen-bond acceptors (Lipinski definition) is 3. The summed E-state index contributed by atoms with van der Waals surface area (Å²) in [6.45, 7) is 4.78. The predicted molar refractivity (Wildman–Crippen MR) is 120 cm³/mol. The number of carbonyl (C=O) groups is 2. The lowest BCUT2D eigenvalue weighted by Gasteiger charge is -2.36. The Balaban J connectivity index is 1.34. The third kappa shape index (κ3) is 4.74. The van der Waals surface area contributed by atoms with Crippen LogP contribution in [0, 0.1) is 12.7 Å². The summed E-state index contributed by atoms with van der Waals surface area (Å²) in [5.74, 6) is -0.963. The smallest absolute Gasteiger partial charge is 0.258 e. The molecule has 1 aliphatic rings. The highest BCUT2D eigenvalue weighted by Crippen LogP contribution is 2.21. The zero-order chi connectivity index (χ0) is 21.8. The first-order valence-corrected chi connectivity index (χ1v) is 10.3. The zero-order valence-corrected chi connectivity index (χ0v) is 17.3. The van der Waals surface area contributed by atoms with E-state index >= 15 is 0 Å². The minimum absolute atomic E-state index is 0.0148. The topological polar surface area (TPSA) is 52.7 Å². The number of piperazine rings is 1. The fourth-order valence-corrected chi connectivity index (χ4v) is 3.65. The number of nitrogens with one attached hydrogen (secondary N) is 1. The molecule has 6 heteroatoms. The van der Waals surface area contributed by atoms with Crippen LogP contribution < -0.4 is 10.2 Å². The summed E-state index contributed by atoms with van der Waals surface area (Å²) in [7, 11) is 0. The lowest BCUT2D eigenvalue weighted by Crippen LogP contribution is -2.48. The molecule has 1 saturated heterocycles. The van der Waals surface area contributed by atoms with E-state index in [0.29, 0.717) is 24.3 Å². The van der Waals surface area contributed by atoms with E-state index in [0.717, 1.165) is 24.3 Å². The Morgan fingerprint density at radius 2 is 1.48 bits per heavy atom. The van der Waals surface area contributed by atoms with Crippen LogP contribution in [-0.4, -0.2) is 42.9 Å². The van der Waals surface area contributed by atoms with Crippen molar-refractivity contribution in [2.24, 2.45) is 0 Å². The second-order valence-corrected chi connectivity index (χ2v) is 7.63. The SMILES string of the molecule is Cc1ccc(C(=O)N2CCN(c3ccc(NC(=O)c4ccccc4F)cc3)CC2)cc1. The summed E-state index contributed by atoms with van der Waals surface area (Å²) in [6.07, 6.45) is 0. The minimum Gasteiger partial charge on any atom is -0.368 e. The zero-order valence-electron chi connectivity index (χ0n) is 17.3. The Labute approximate surface area is 181 Å². The second kappa shape index (κ2) is 9.00. The molecular formula is C25H24FN3O2. The molecule has 1 aliphatic heterocycles. The Bertz CT molecular complexity index is 1070. The molecular weight excluding hydrogens is 393 g/mol. The van der Waals surface area contributed by atoms with E-state index in [1.54, 1.807) is 24.3 Å². The number of aryl methyl sites for hydroxylation is 1. The molecule has 0 aromatic heterocycles. The van der Waals surface area contributed by atoms with Crippen molar-refractivity contribution in [1.82, 2.24) is 4.90 Å². The minimum atomic E-state index is -0.547. The monoisotopic (exact) mass is 417 g/mol. The molecule has 3 aromatic carbocycles. The van der Waals surface area contributed by atoms with Gasteiger partial charge in [-0.2, -0.15) is 0 Å². The first kappa shape index (κ1) is 20.6. The van der Waals surface area contributed by atoms with Gasteiger partial charge in [0.05, 0.1) is 5.56 Å². The number of hydrogen-bond donors (Lipinski definition) is 1. The highest BCUT2D eigenvalue weighted by atomic mass is 19.1. The number of nitrogens with zero attached hydrogens (tertiary/aromatic N) is 2. The number of rotatable bonds is 4. The highest BCUT2D eigenvalue weighted by Gasteiger charge is 2.22. The average Bonchev–Trinajstić information content (AvgIpc) is 2.80. The number of carbonyl (C=O) groups excluding carboxylic acids is 2. The predicted octanol–water partition coefficient (Wildman–Crippen LogP) is 4.35. The fourth-order valence-electron chi connectivity index (χ4n) is 3.65. The number of halogens is 1. The summed E-state index contributed by atoms with van der Waals surface area (Å²) in [4.78, 5) is 29.0. The first-order valence-electron chi connectivity index (χ1n) is 10.3. The van der Waals surface area contributed by atoms with Gasteiger partial charge in [-0.05, 0) is 55.5 Å². The van der Waals surface area contributed by atoms with Gasteiger partial charge in [0.2, 0.25) is 0 Å². The summed E-state index contributed by atoms with van der Waals surface area (Å²) in [6, 6.07) is 21.0. The van der Waals surface area contributed by atoms with Crippen LogP contribution in [0.15, 0.2) is 72.8 Å². The van der Waals surface area contributed by atoms with Crippen molar-refractivity contribution < 1.29 is 14.0 Å². The van der Waals surface area contributed by atoms with Crippen molar-refractivity contribution in [3.63, 3.8) is 0 Å². The van der Waals surface area contributed by atoms with Gasteiger partial charge in [0.25, 0.3) is 11.8 Å². The van der Waals surface area contributed by atoms with Crippen molar-refractivity contribution >= 4 is 23.2 Å². The quantitative estimate of drug-likeness (QED) is 0.687. The van der Waals surface area contributed by atoms with Gasteiger partial charge in [0, 0.05) is 43.1 Å². The van der Waals surface area contributed by atoms with Gasteiger partial charge in [-0.15, -0.1) is 0 Å². The van der Waals surface area contributed by atoms with Crippen LogP contribution in [0.5, 0.6) is 0 Å². The van der Waals surface area contributed by atoms with Crippen LogP contribution in [0.25, 0.3) is 0 Å². The first-order chi connectivity index (χ1) is 15.0. The molecule has 0 unspecified atom stereocenters. The van der Waals surface area contributed by atoms with Gasteiger partial charge in [0.15, 0.2) is 0 Å². The van der Waals surface area contributed by atoms with E-state index in [1.807, 2.05) is 48.2 Å². The standard InChI is InChI=1S/C25H24FN3O2/c1-18-6-8-19(9-7-18)25(31)29-16-14-28(15-17-29)21-12-10-20(11-13-21)27-24(30)22-4-2-3-5-23(22)26/h2-13H,14-17H2,1H3,(H,27,30). The third-order valence-electron chi connectivity index (χ3n) is 5.47. The molecule has 0 spiro atoms. The van der Waals surface area contributed by atoms with Gasteiger partial charge in [0.1, 0.15) is 5.82 Å². The molecule has 0 bridgehead atoms. The van der Waals surface area contributed by atoms with E-state index < -0.39 is 11.7 Å². The summed E-state index contributed by atoms with van der Waals surface area (Å²) in [5, 5.41) is 2.72. The molecule has 158 valence electrons. The van der Waals surface area contributed by atoms with Gasteiger partial charge in [-0.1, -0.05) is 29.8 Å². The summed E-state index contributed by atoms with van der Waals surface area (Å²) in [5.41, 5.74) is 3.49. The Morgan fingerprint density at radius 1 is 0.839 bits per heavy atom. The van der Waals surface area contributed by atoms with Crippen LogP contribution in [0.2, 0.25) is 0 Å². The van der Waals surface area contributed by atoms with Crippen LogP contribution in [-0.2, 0) is 0 Å². The Kier molecular flexibility index (Phi) is 5.98. The van der Waals surface area contributed by atoms with E-state index in [-0.39, 0.29) is 11.5 Å². The molecule has 31 heavy (non-hydrogen) atoms. The maximum absolute atomic E-state index is 13.8. The third-order valence-corrected chi connectivity index (χ3v) is 5.47. The van der Waals surface area contributed by atoms with Crippen LogP contribution in [0.4, 0.5) is 15.8 Å². The normalized spacial score (nSPS) is 13.7. The molecule has 0 saturated carbocycles. The Morgan fingerprint density at radius 3 is 2.13 bits per heavy atom. The Hall–Kier alpha value is -3.67. The molecule has 4 rings (SSSR count). The molecule has 0 aliphatic carbocycles. The molecule has 3 aromatic rings. The van der Waals surface area contributed by atoms with E-state index in [1.165, 1.54) is 12.1 Å². The van der Waals surface area contributed by atoms with Gasteiger partial charge >= 0.3 is 0 Å². The van der Waals surface area contributed by atoms with Gasteiger partial charge in [-0.25, -0.2) is 4.39 Å².